The third kappa shape index (κ3) is 1.74. The first-order valence-corrected chi connectivity index (χ1v) is 5.22. The molecule has 0 spiro atoms. The van der Waals surface area contributed by atoms with Crippen LogP contribution in [0.25, 0.3) is 11.1 Å². The molecule has 16 heavy (non-hydrogen) atoms. The Kier molecular flexibility index (Phi) is 2.82. The molecule has 0 aliphatic heterocycles. The number of nitrogens with two attached hydrogens (primary N) is 1. The molecule has 0 amide bonds. The van der Waals surface area contributed by atoms with Crippen molar-refractivity contribution >= 4 is 5.69 Å². The fraction of sp³-hybridized carbons (Fsp3) is 0.143. The summed E-state index contributed by atoms with van der Waals surface area (Å²) in [6.45, 7) is 2.08. The van der Waals surface area contributed by atoms with E-state index in [-0.39, 0.29) is 0 Å². The summed E-state index contributed by atoms with van der Waals surface area (Å²) >= 11 is 0. The van der Waals surface area contributed by atoms with Crippen LogP contribution in [-0.2, 0) is 0 Å². The van der Waals surface area contributed by atoms with Crippen LogP contribution in [0.4, 0.5) is 5.69 Å². The van der Waals surface area contributed by atoms with Gasteiger partial charge in [-0.3, -0.25) is 0 Å². The molecule has 0 unspecified atom stereocenters. The number of methoxy groups -OCH3 is 1. The molecule has 0 bridgehead atoms. The minimum absolute atomic E-state index is 0.694. The summed E-state index contributed by atoms with van der Waals surface area (Å²) in [5.41, 5.74) is 10.2. The van der Waals surface area contributed by atoms with Gasteiger partial charge >= 0.3 is 0 Å². The van der Waals surface area contributed by atoms with Crippen LogP contribution in [0.1, 0.15) is 5.56 Å². The second kappa shape index (κ2) is 4.27. The summed E-state index contributed by atoms with van der Waals surface area (Å²) in [5, 5.41) is 0. The van der Waals surface area contributed by atoms with E-state index in [9.17, 15) is 0 Å². The van der Waals surface area contributed by atoms with Crippen molar-refractivity contribution in [3.8, 4) is 16.9 Å². The first-order chi connectivity index (χ1) is 7.74. The molecule has 0 fully saturated rings. The molecule has 2 rings (SSSR count). The van der Waals surface area contributed by atoms with Gasteiger partial charge in [-0.2, -0.15) is 0 Å². The molecule has 0 aliphatic carbocycles. The largest absolute Gasteiger partial charge is 0.495 e. The second-order valence-corrected chi connectivity index (χ2v) is 3.74. The number of nitrogen functional groups attached to an aromatic ring is 1. The van der Waals surface area contributed by atoms with E-state index in [2.05, 4.69) is 19.1 Å². The Hall–Kier alpha value is -1.96. The molecular weight excluding hydrogens is 198 g/mol. The lowest BCUT2D eigenvalue weighted by molar-refractivity contribution is 0.417. The molecule has 0 saturated heterocycles. The minimum Gasteiger partial charge on any atom is -0.495 e. The number of anilines is 1. The average molecular weight is 213 g/mol. The first-order valence-electron chi connectivity index (χ1n) is 5.22. The third-order valence-corrected chi connectivity index (χ3v) is 2.72. The monoisotopic (exact) mass is 213 g/mol. The third-order valence-electron chi connectivity index (χ3n) is 2.72. The molecule has 0 heterocycles. The van der Waals surface area contributed by atoms with Crippen molar-refractivity contribution in [1.82, 2.24) is 0 Å². The fourth-order valence-electron chi connectivity index (χ4n) is 1.83. The molecule has 2 N–H and O–H groups in total. The maximum atomic E-state index is 6.07. The van der Waals surface area contributed by atoms with Crippen LogP contribution in [0.3, 0.4) is 0 Å². The number of para-hydroxylation sites is 1. The summed E-state index contributed by atoms with van der Waals surface area (Å²) in [4.78, 5) is 0. The molecular formula is C14H15NO. The van der Waals surface area contributed by atoms with Gasteiger partial charge in [-0.15, -0.1) is 0 Å². The summed E-state index contributed by atoms with van der Waals surface area (Å²) in [6.07, 6.45) is 0. The Balaban J connectivity index is 2.61. The second-order valence-electron chi connectivity index (χ2n) is 3.74. The number of hydrogen-bond donors (Lipinski definition) is 1. The molecule has 0 aliphatic rings. The number of rotatable bonds is 2. The molecule has 2 nitrogen and oxygen atoms in total. The van der Waals surface area contributed by atoms with Gasteiger partial charge in [0.15, 0.2) is 0 Å². The predicted octanol–water partition coefficient (Wildman–Crippen LogP) is 3.25. The van der Waals surface area contributed by atoms with Crippen molar-refractivity contribution in [3.05, 3.63) is 48.0 Å². The molecule has 0 radical (unpaired) electrons. The molecule has 2 aromatic carbocycles. The Morgan fingerprint density at radius 3 is 2.31 bits per heavy atom. The number of aryl methyl sites for hydroxylation is 1. The van der Waals surface area contributed by atoms with Crippen LogP contribution in [0.15, 0.2) is 42.5 Å². The van der Waals surface area contributed by atoms with Gasteiger partial charge in [0, 0.05) is 5.56 Å². The number of benzene rings is 2. The van der Waals surface area contributed by atoms with E-state index in [4.69, 9.17) is 10.5 Å². The lowest BCUT2D eigenvalue weighted by atomic mass is 9.99. The normalized spacial score (nSPS) is 10.1. The molecule has 0 atom stereocenters. The van der Waals surface area contributed by atoms with Crippen LogP contribution in [0.2, 0.25) is 0 Å². The zero-order valence-corrected chi connectivity index (χ0v) is 9.53. The van der Waals surface area contributed by atoms with Crippen molar-refractivity contribution < 1.29 is 4.74 Å². The molecule has 2 heteroatoms. The Morgan fingerprint density at radius 2 is 1.62 bits per heavy atom. The van der Waals surface area contributed by atoms with Gasteiger partial charge in [-0.1, -0.05) is 36.4 Å². The molecule has 0 aromatic heterocycles. The molecule has 2 aromatic rings. The topological polar surface area (TPSA) is 35.2 Å². The van der Waals surface area contributed by atoms with Crippen molar-refractivity contribution in [2.24, 2.45) is 0 Å². The van der Waals surface area contributed by atoms with E-state index >= 15 is 0 Å². The van der Waals surface area contributed by atoms with Gasteiger partial charge in [0.25, 0.3) is 0 Å². The van der Waals surface area contributed by atoms with Gasteiger partial charge in [-0.25, -0.2) is 0 Å². The van der Waals surface area contributed by atoms with Gasteiger partial charge in [0.05, 0.1) is 12.8 Å². The van der Waals surface area contributed by atoms with Crippen LogP contribution in [0.5, 0.6) is 5.75 Å². The molecule has 0 saturated carbocycles. The van der Waals surface area contributed by atoms with Crippen molar-refractivity contribution in [2.45, 2.75) is 6.92 Å². The predicted molar refractivity (Wildman–Crippen MR) is 67.6 cm³/mol. The quantitative estimate of drug-likeness (QED) is 0.777. The summed E-state index contributed by atoms with van der Waals surface area (Å²) in [5.74, 6) is 0.723. The van der Waals surface area contributed by atoms with E-state index in [1.165, 1.54) is 5.56 Å². The maximum absolute atomic E-state index is 6.07. The Labute approximate surface area is 95.7 Å². The highest BCUT2D eigenvalue weighted by molar-refractivity contribution is 5.82. The van der Waals surface area contributed by atoms with Crippen LogP contribution in [-0.4, -0.2) is 7.11 Å². The highest BCUT2D eigenvalue weighted by Crippen LogP contribution is 2.34. The lowest BCUT2D eigenvalue weighted by Crippen LogP contribution is -1.95. The first kappa shape index (κ1) is 10.6. The van der Waals surface area contributed by atoms with Crippen molar-refractivity contribution in [3.63, 3.8) is 0 Å². The Morgan fingerprint density at radius 1 is 0.938 bits per heavy atom. The average Bonchev–Trinajstić information content (AvgIpc) is 2.31. The molecule has 82 valence electrons. The maximum Gasteiger partial charge on any atom is 0.142 e. The van der Waals surface area contributed by atoms with Gasteiger partial charge in [0.2, 0.25) is 0 Å². The van der Waals surface area contributed by atoms with Gasteiger partial charge in [0.1, 0.15) is 5.75 Å². The van der Waals surface area contributed by atoms with Crippen LogP contribution < -0.4 is 10.5 Å². The summed E-state index contributed by atoms with van der Waals surface area (Å²) in [6, 6.07) is 14.0. The SMILES string of the molecule is COc1cccc(-c2ccccc2C)c1N. The van der Waals surface area contributed by atoms with E-state index in [1.807, 2.05) is 30.3 Å². The minimum atomic E-state index is 0.694. The number of hydrogen-bond acceptors (Lipinski definition) is 2. The van der Waals surface area contributed by atoms with Crippen LogP contribution in [0, 0.1) is 6.92 Å². The fourth-order valence-corrected chi connectivity index (χ4v) is 1.83. The van der Waals surface area contributed by atoms with E-state index in [0.29, 0.717) is 5.69 Å². The lowest BCUT2D eigenvalue weighted by Gasteiger charge is -2.11. The highest BCUT2D eigenvalue weighted by atomic mass is 16.5. The van der Waals surface area contributed by atoms with E-state index in [1.54, 1.807) is 7.11 Å². The van der Waals surface area contributed by atoms with E-state index in [0.717, 1.165) is 16.9 Å². The zero-order valence-electron chi connectivity index (χ0n) is 9.53. The van der Waals surface area contributed by atoms with Crippen LogP contribution >= 0.6 is 0 Å². The summed E-state index contributed by atoms with van der Waals surface area (Å²) in [7, 11) is 1.63. The van der Waals surface area contributed by atoms with E-state index < -0.39 is 0 Å². The van der Waals surface area contributed by atoms with Gasteiger partial charge < -0.3 is 10.5 Å². The zero-order chi connectivity index (χ0) is 11.5. The van der Waals surface area contributed by atoms with Crippen molar-refractivity contribution in [1.29, 1.82) is 0 Å². The highest BCUT2D eigenvalue weighted by Gasteiger charge is 2.08. The smallest absolute Gasteiger partial charge is 0.142 e. The van der Waals surface area contributed by atoms with Gasteiger partial charge in [-0.05, 0) is 24.1 Å². The Bertz CT molecular complexity index is 506. The number of ether oxygens (including phenoxy) is 1. The standard InChI is InChI=1S/C14H15NO/c1-10-6-3-4-7-11(10)12-8-5-9-13(16-2)14(12)15/h3-9H,15H2,1-2H3. The summed E-state index contributed by atoms with van der Waals surface area (Å²) < 4.78 is 5.22. The van der Waals surface area contributed by atoms with Crippen molar-refractivity contribution in [2.75, 3.05) is 12.8 Å².